The summed E-state index contributed by atoms with van der Waals surface area (Å²) in [4.78, 5) is 14.1. The van der Waals surface area contributed by atoms with Crippen molar-refractivity contribution in [2.24, 2.45) is 0 Å². The van der Waals surface area contributed by atoms with Crippen LogP contribution in [0.25, 0.3) is 11.1 Å². The van der Waals surface area contributed by atoms with E-state index in [4.69, 9.17) is 5.73 Å². The van der Waals surface area contributed by atoms with Crippen molar-refractivity contribution in [1.82, 2.24) is 0 Å². The zero-order chi connectivity index (χ0) is 17.7. The van der Waals surface area contributed by atoms with Crippen LogP contribution in [0.5, 0.6) is 5.75 Å². The maximum Gasteiger partial charge on any atom is 0.316 e. The van der Waals surface area contributed by atoms with E-state index in [-0.39, 0.29) is 28.4 Å². The van der Waals surface area contributed by atoms with Crippen LogP contribution in [-0.2, 0) is 9.53 Å². The summed E-state index contributed by atoms with van der Waals surface area (Å²) >= 11 is 1.06. The van der Waals surface area contributed by atoms with E-state index >= 15 is 0 Å². The summed E-state index contributed by atoms with van der Waals surface area (Å²) in [6.45, 7) is 0. The van der Waals surface area contributed by atoms with Gasteiger partial charge in [0.05, 0.1) is 12.9 Å². The van der Waals surface area contributed by atoms with E-state index < -0.39 is 5.97 Å². The van der Waals surface area contributed by atoms with Crippen molar-refractivity contribution in [2.45, 2.75) is 5.03 Å². The number of carbonyl (C=O) groups excluding carboxylic acids is 1. The number of aromatic amines is 1. The predicted octanol–water partition coefficient (Wildman–Crippen LogP) is 1.46. The second-order valence-corrected chi connectivity index (χ2v) is 5.61. The van der Waals surface area contributed by atoms with E-state index in [1.54, 1.807) is 12.1 Å². The van der Waals surface area contributed by atoms with Crippen LogP contribution in [0, 0.1) is 22.7 Å². The molecule has 0 radical (unpaired) electrons. The van der Waals surface area contributed by atoms with Gasteiger partial charge in [0.15, 0.2) is 5.03 Å². The van der Waals surface area contributed by atoms with Gasteiger partial charge in [0.25, 0.3) is 5.82 Å². The smallest absolute Gasteiger partial charge is 0.316 e. The summed E-state index contributed by atoms with van der Waals surface area (Å²) in [6.07, 6.45) is 0. The van der Waals surface area contributed by atoms with E-state index in [0.29, 0.717) is 16.2 Å². The molecule has 0 atom stereocenters. The lowest BCUT2D eigenvalue weighted by Crippen LogP contribution is -2.19. The normalized spacial score (nSPS) is 9.79. The predicted molar refractivity (Wildman–Crippen MR) is 86.7 cm³/mol. The zero-order valence-electron chi connectivity index (χ0n) is 12.7. The molecule has 1 aromatic carbocycles. The number of methoxy groups -OCH3 is 1. The molecule has 0 fully saturated rings. The monoisotopic (exact) mass is 341 g/mol. The molecule has 2 aromatic rings. The number of carbonyl (C=O) groups is 1. The molecule has 120 valence electrons. The highest BCUT2D eigenvalue weighted by atomic mass is 32.2. The highest BCUT2D eigenvalue weighted by Crippen LogP contribution is 2.34. The highest BCUT2D eigenvalue weighted by molar-refractivity contribution is 7.99. The number of rotatable bonds is 4. The van der Waals surface area contributed by atoms with Crippen LogP contribution < -0.4 is 10.7 Å². The van der Waals surface area contributed by atoms with Gasteiger partial charge in [-0.25, -0.2) is 4.98 Å². The summed E-state index contributed by atoms with van der Waals surface area (Å²) in [6, 6.07) is 10.1. The molecule has 8 heteroatoms. The lowest BCUT2D eigenvalue weighted by atomic mass is 9.97. The molecule has 0 bridgehead atoms. The van der Waals surface area contributed by atoms with E-state index in [1.807, 2.05) is 12.1 Å². The van der Waals surface area contributed by atoms with Crippen molar-refractivity contribution >= 4 is 23.5 Å². The molecule has 0 saturated carbocycles. The van der Waals surface area contributed by atoms with Crippen molar-refractivity contribution in [3.05, 3.63) is 35.4 Å². The molecular weight excluding hydrogens is 328 g/mol. The number of pyridine rings is 1. The second-order valence-electron chi connectivity index (χ2n) is 4.63. The fourth-order valence-corrected chi connectivity index (χ4v) is 2.91. The van der Waals surface area contributed by atoms with Crippen LogP contribution in [0.3, 0.4) is 0 Å². The maximum absolute atomic E-state index is 11.3. The quantitative estimate of drug-likeness (QED) is 0.635. The number of nitrogens with one attached hydrogen (secondary N) is 1. The highest BCUT2D eigenvalue weighted by Gasteiger charge is 2.24. The average Bonchev–Trinajstić information content (AvgIpc) is 2.59. The Morgan fingerprint density at radius 2 is 1.92 bits per heavy atom. The number of hydrogen-bond acceptors (Lipinski definition) is 7. The molecule has 0 aliphatic heterocycles. The molecule has 2 rings (SSSR count). The van der Waals surface area contributed by atoms with E-state index in [9.17, 15) is 20.4 Å². The Morgan fingerprint density at radius 1 is 1.29 bits per heavy atom. The Balaban J connectivity index is 2.65. The number of phenolic OH excluding ortho intramolecular Hbond substituents is 1. The first-order valence-corrected chi connectivity index (χ1v) is 7.68. The molecule has 7 nitrogen and oxygen atoms in total. The fourth-order valence-electron chi connectivity index (χ4n) is 2.06. The van der Waals surface area contributed by atoms with Gasteiger partial charge < -0.3 is 9.84 Å². The van der Waals surface area contributed by atoms with Crippen LogP contribution in [0.4, 0.5) is 5.82 Å². The van der Waals surface area contributed by atoms with Gasteiger partial charge in [-0.05, 0) is 17.7 Å². The SMILES string of the molecule is COC(=O)CSc1[nH+]c(N)c(C#N)c(-c2ccc(O)cc2)c1C#N. The Hall–Kier alpha value is -3.23. The molecule has 0 unspecified atom stereocenters. The first kappa shape index (κ1) is 17.1. The first-order chi connectivity index (χ1) is 11.5. The number of hydrogen-bond donors (Lipinski definition) is 2. The lowest BCUT2D eigenvalue weighted by Gasteiger charge is -2.10. The minimum absolute atomic E-state index is 0.0119. The van der Waals surface area contributed by atoms with Crippen LogP contribution in [0.1, 0.15) is 11.1 Å². The number of benzene rings is 1. The van der Waals surface area contributed by atoms with Crippen molar-refractivity contribution in [3.8, 4) is 29.0 Å². The van der Waals surface area contributed by atoms with Crippen molar-refractivity contribution in [3.63, 3.8) is 0 Å². The third kappa shape index (κ3) is 3.40. The molecule has 0 aliphatic rings. The number of nitriles is 2. The Labute approximate surface area is 142 Å². The summed E-state index contributed by atoms with van der Waals surface area (Å²) in [7, 11) is 1.27. The minimum Gasteiger partial charge on any atom is -0.508 e. The third-order valence-corrected chi connectivity index (χ3v) is 4.16. The van der Waals surface area contributed by atoms with Gasteiger partial charge in [0.1, 0.15) is 29.0 Å². The van der Waals surface area contributed by atoms with Gasteiger partial charge in [-0.2, -0.15) is 10.5 Å². The number of nitrogens with zero attached hydrogens (tertiary/aromatic N) is 2. The number of H-pyrrole nitrogens is 1. The minimum atomic E-state index is -0.452. The molecule has 4 N–H and O–H groups in total. The fraction of sp³-hybridized carbons (Fsp3) is 0.125. The molecule has 1 heterocycles. The van der Waals surface area contributed by atoms with Crippen molar-refractivity contribution in [1.29, 1.82) is 10.5 Å². The Morgan fingerprint density at radius 3 is 2.46 bits per heavy atom. The average molecular weight is 341 g/mol. The van der Waals surface area contributed by atoms with Gasteiger partial charge in [-0.15, -0.1) is 0 Å². The second kappa shape index (κ2) is 7.36. The standard InChI is InChI=1S/C16H12N4O3S/c1-23-13(22)8-24-16-12(7-18)14(11(6-17)15(19)20-16)9-2-4-10(21)5-3-9/h2-5,21H,8H2,1H3,(H2,19,20)/p+1. The van der Waals surface area contributed by atoms with Crippen LogP contribution in [0.15, 0.2) is 29.3 Å². The Kier molecular flexibility index (Phi) is 5.25. The number of nitrogens with two attached hydrogens (primary N) is 1. The van der Waals surface area contributed by atoms with Crippen LogP contribution in [-0.4, -0.2) is 23.9 Å². The van der Waals surface area contributed by atoms with Gasteiger partial charge in [0, 0.05) is 5.56 Å². The number of phenols is 1. The van der Waals surface area contributed by atoms with Gasteiger partial charge >= 0.3 is 5.97 Å². The van der Waals surface area contributed by atoms with Crippen molar-refractivity contribution < 1.29 is 19.6 Å². The number of esters is 1. The summed E-state index contributed by atoms with van der Waals surface area (Å²) in [5.74, 6) is -0.313. The van der Waals surface area contributed by atoms with E-state index in [2.05, 4.69) is 9.72 Å². The molecule has 0 spiro atoms. The van der Waals surface area contributed by atoms with Crippen LogP contribution >= 0.6 is 11.8 Å². The number of aromatic hydroxyl groups is 1. The third-order valence-electron chi connectivity index (χ3n) is 3.19. The number of nitrogen functional groups attached to an aromatic ring is 1. The van der Waals surface area contributed by atoms with Crippen LogP contribution in [0.2, 0.25) is 0 Å². The molecule has 0 aliphatic carbocycles. The summed E-state index contributed by atoms with van der Waals surface area (Å²) in [5.41, 5.74) is 7.12. The first-order valence-electron chi connectivity index (χ1n) is 6.69. The van der Waals surface area contributed by atoms with Gasteiger partial charge in [0.2, 0.25) is 0 Å². The van der Waals surface area contributed by atoms with Gasteiger partial charge in [-0.3, -0.25) is 10.5 Å². The molecule has 24 heavy (non-hydrogen) atoms. The largest absolute Gasteiger partial charge is 0.508 e. The number of ether oxygens (including phenoxy) is 1. The van der Waals surface area contributed by atoms with Gasteiger partial charge in [-0.1, -0.05) is 23.9 Å². The number of anilines is 1. The molecular formula is C16H13N4O3S+. The zero-order valence-corrected chi connectivity index (χ0v) is 13.5. The van der Waals surface area contributed by atoms with E-state index in [0.717, 1.165) is 11.8 Å². The summed E-state index contributed by atoms with van der Waals surface area (Å²) < 4.78 is 4.58. The number of aromatic nitrogens is 1. The molecule has 0 amide bonds. The maximum atomic E-state index is 11.3. The van der Waals surface area contributed by atoms with E-state index in [1.165, 1.54) is 19.2 Å². The van der Waals surface area contributed by atoms with Crippen molar-refractivity contribution in [2.75, 3.05) is 18.6 Å². The molecule has 1 aromatic heterocycles. The number of thioether (sulfide) groups is 1. The Bertz CT molecular complexity index is 867. The molecule has 0 saturated heterocycles. The lowest BCUT2D eigenvalue weighted by molar-refractivity contribution is -0.410. The summed E-state index contributed by atoms with van der Waals surface area (Å²) in [5, 5.41) is 28.7. The topological polar surface area (TPSA) is 134 Å².